The molecule has 0 saturated heterocycles. The van der Waals surface area contributed by atoms with Gasteiger partial charge >= 0.3 is 11.9 Å². The molecule has 2 rings (SSSR count). The van der Waals surface area contributed by atoms with E-state index < -0.39 is 4.92 Å². The third kappa shape index (κ3) is 3.65. The minimum absolute atomic E-state index is 0.122. The fraction of sp³-hybridized carbons (Fsp3) is 0.500. The molecule has 0 radical (unpaired) electrons. The number of carbonyl (C=O) groups excluding carboxylic acids is 1. The highest BCUT2D eigenvalue weighted by molar-refractivity contribution is 5.65. The summed E-state index contributed by atoms with van der Waals surface area (Å²) in [5.41, 5.74) is 0.558. The fourth-order valence-corrected chi connectivity index (χ4v) is 1.93. The Morgan fingerprint density at radius 3 is 2.95 bits per heavy atom. The molecule has 10 heteroatoms. The van der Waals surface area contributed by atoms with Crippen molar-refractivity contribution in [3.05, 3.63) is 34.4 Å². The highest BCUT2D eigenvalue weighted by atomic mass is 16.6. The number of esters is 1. The van der Waals surface area contributed by atoms with E-state index in [-0.39, 0.29) is 31.1 Å². The summed E-state index contributed by atoms with van der Waals surface area (Å²) >= 11 is 0. The maximum Gasteiger partial charge on any atom is 0.434 e. The number of aromatic nitrogens is 5. The second-order valence-electron chi connectivity index (χ2n) is 4.67. The van der Waals surface area contributed by atoms with Gasteiger partial charge in [0.15, 0.2) is 0 Å². The van der Waals surface area contributed by atoms with Gasteiger partial charge in [-0.15, -0.1) is 5.10 Å². The van der Waals surface area contributed by atoms with Gasteiger partial charge in [-0.25, -0.2) is 9.25 Å². The lowest BCUT2D eigenvalue weighted by Gasteiger charge is -2.13. The molecule has 0 aromatic carbocycles. The molecule has 0 amide bonds. The minimum atomic E-state index is -0.556. The van der Waals surface area contributed by atoms with Crippen LogP contribution in [0.15, 0.2) is 18.6 Å². The Morgan fingerprint density at radius 1 is 1.55 bits per heavy atom. The van der Waals surface area contributed by atoms with Crippen LogP contribution in [-0.4, -0.2) is 42.0 Å². The monoisotopic (exact) mass is 308 g/mol. The number of imidazole rings is 1. The quantitative estimate of drug-likeness (QED) is 0.424. The molecular formula is C12H16N6O4. The lowest BCUT2D eigenvalue weighted by Crippen LogP contribution is -2.17. The number of hydrogen-bond donors (Lipinski definition) is 0. The molecule has 0 aliphatic carbocycles. The number of hydrogen-bond acceptors (Lipinski definition) is 7. The van der Waals surface area contributed by atoms with E-state index >= 15 is 0 Å². The average molecular weight is 308 g/mol. The lowest BCUT2D eigenvalue weighted by atomic mass is 10.2. The van der Waals surface area contributed by atoms with Crippen LogP contribution in [0.5, 0.6) is 0 Å². The summed E-state index contributed by atoms with van der Waals surface area (Å²) in [5, 5.41) is 18.8. The number of nitrogens with zero attached hydrogens (tertiary/aromatic N) is 6. The zero-order valence-electron chi connectivity index (χ0n) is 12.2. The Hall–Kier alpha value is -2.78. The third-order valence-electron chi connectivity index (χ3n) is 3.07. The maximum atomic E-state index is 10.9. The van der Waals surface area contributed by atoms with Crippen molar-refractivity contribution < 1.29 is 14.5 Å². The van der Waals surface area contributed by atoms with E-state index in [1.54, 1.807) is 10.9 Å². The standard InChI is InChI=1S/C12H16N6O4/c1-3-11(8-22-9(2)19)17-7-10(14-15-17)6-16-5-4-13-12(16)18(20)21/h4-5,7,11H,3,6,8H2,1-2H3. The number of carbonyl (C=O) groups is 1. The van der Waals surface area contributed by atoms with E-state index in [4.69, 9.17) is 4.74 Å². The topological polar surface area (TPSA) is 118 Å². The molecule has 0 bridgehead atoms. The molecule has 0 aliphatic rings. The molecule has 0 saturated carbocycles. The van der Waals surface area contributed by atoms with Gasteiger partial charge in [-0.1, -0.05) is 17.1 Å². The highest BCUT2D eigenvalue weighted by Crippen LogP contribution is 2.13. The van der Waals surface area contributed by atoms with Gasteiger partial charge in [0.1, 0.15) is 31.2 Å². The van der Waals surface area contributed by atoms with Gasteiger partial charge in [-0.3, -0.25) is 4.79 Å². The lowest BCUT2D eigenvalue weighted by molar-refractivity contribution is -0.396. The SMILES string of the molecule is CCC(COC(C)=O)n1cc(Cn2ccnc2[N+](=O)[O-])nn1. The predicted octanol–water partition coefficient (Wildman–Crippen LogP) is 0.945. The molecule has 1 unspecified atom stereocenters. The molecule has 0 N–H and O–H groups in total. The van der Waals surface area contributed by atoms with Crippen molar-refractivity contribution in [2.45, 2.75) is 32.9 Å². The minimum Gasteiger partial charge on any atom is -0.464 e. The smallest absolute Gasteiger partial charge is 0.434 e. The van der Waals surface area contributed by atoms with Crippen LogP contribution in [0.1, 0.15) is 32.0 Å². The summed E-state index contributed by atoms with van der Waals surface area (Å²) in [7, 11) is 0. The first-order valence-electron chi connectivity index (χ1n) is 6.70. The molecule has 0 spiro atoms. The molecule has 0 aliphatic heterocycles. The summed E-state index contributed by atoms with van der Waals surface area (Å²) in [5.74, 6) is -0.602. The molecule has 2 aromatic heterocycles. The van der Waals surface area contributed by atoms with Crippen molar-refractivity contribution in [2.24, 2.45) is 0 Å². The highest BCUT2D eigenvalue weighted by Gasteiger charge is 2.17. The molecule has 118 valence electrons. The molecule has 10 nitrogen and oxygen atoms in total. The van der Waals surface area contributed by atoms with Crippen LogP contribution >= 0.6 is 0 Å². The summed E-state index contributed by atoms with van der Waals surface area (Å²) in [6.07, 6.45) is 5.26. The number of nitro groups is 1. The van der Waals surface area contributed by atoms with Crippen LogP contribution in [0.4, 0.5) is 5.95 Å². The van der Waals surface area contributed by atoms with Crippen LogP contribution in [0.3, 0.4) is 0 Å². The number of ether oxygens (including phenoxy) is 1. The molecule has 0 fully saturated rings. The van der Waals surface area contributed by atoms with Crippen molar-refractivity contribution in [1.82, 2.24) is 24.5 Å². The zero-order valence-corrected chi connectivity index (χ0v) is 12.2. The van der Waals surface area contributed by atoms with Gasteiger partial charge in [0.2, 0.25) is 0 Å². The van der Waals surface area contributed by atoms with E-state index in [0.29, 0.717) is 12.1 Å². The summed E-state index contributed by atoms with van der Waals surface area (Å²) in [6, 6.07) is -0.122. The van der Waals surface area contributed by atoms with Gasteiger partial charge < -0.3 is 14.9 Å². The van der Waals surface area contributed by atoms with Gasteiger partial charge in [-0.2, -0.15) is 0 Å². The van der Waals surface area contributed by atoms with Crippen molar-refractivity contribution in [1.29, 1.82) is 0 Å². The van der Waals surface area contributed by atoms with E-state index in [0.717, 1.165) is 0 Å². The van der Waals surface area contributed by atoms with Crippen molar-refractivity contribution in [2.75, 3.05) is 6.61 Å². The van der Waals surface area contributed by atoms with E-state index in [9.17, 15) is 14.9 Å². The predicted molar refractivity (Wildman–Crippen MR) is 74.0 cm³/mol. The first-order valence-corrected chi connectivity index (χ1v) is 6.70. The normalized spacial score (nSPS) is 12.1. The Labute approximate surface area is 125 Å². The van der Waals surface area contributed by atoms with Crippen LogP contribution in [0.2, 0.25) is 0 Å². The second kappa shape index (κ2) is 6.78. The molecule has 2 aromatic rings. The molecule has 22 heavy (non-hydrogen) atoms. The van der Waals surface area contributed by atoms with Gasteiger partial charge in [0.05, 0.1) is 12.2 Å². The first-order chi connectivity index (χ1) is 10.5. The first kappa shape index (κ1) is 15.6. The maximum absolute atomic E-state index is 10.9. The largest absolute Gasteiger partial charge is 0.464 e. The summed E-state index contributed by atoms with van der Waals surface area (Å²) in [6.45, 7) is 3.69. The average Bonchev–Trinajstić information content (AvgIpc) is 3.09. The molecule has 1 atom stereocenters. The summed E-state index contributed by atoms with van der Waals surface area (Å²) < 4.78 is 7.96. The van der Waals surface area contributed by atoms with Crippen molar-refractivity contribution in [3.8, 4) is 0 Å². The van der Waals surface area contributed by atoms with E-state index in [1.165, 1.54) is 23.9 Å². The van der Waals surface area contributed by atoms with Crippen molar-refractivity contribution in [3.63, 3.8) is 0 Å². The van der Waals surface area contributed by atoms with Crippen LogP contribution in [0, 0.1) is 10.1 Å². The number of rotatable bonds is 7. The Bertz CT molecular complexity index is 664. The van der Waals surface area contributed by atoms with Crippen molar-refractivity contribution >= 4 is 11.9 Å². The zero-order chi connectivity index (χ0) is 16.1. The molecule has 2 heterocycles. The second-order valence-corrected chi connectivity index (χ2v) is 4.67. The van der Waals surface area contributed by atoms with Gasteiger partial charge in [0, 0.05) is 6.92 Å². The van der Waals surface area contributed by atoms with Gasteiger partial charge in [0.25, 0.3) is 0 Å². The van der Waals surface area contributed by atoms with Crippen LogP contribution < -0.4 is 0 Å². The Balaban J connectivity index is 2.08. The van der Waals surface area contributed by atoms with Crippen LogP contribution in [0.25, 0.3) is 0 Å². The Morgan fingerprint density at radius 2 is 2.32 bits per heavy atom. The van der Waals surface area contributed by atoms with E-state index in [2.05, 4.69) is 15.3 Å². The third-order valence-corrected chi connectivity index (χ3v) is 3.07. The fourth-order valence-electron chi connectivity index (χ4n) is 1.93. The summed E-state index contributed by atoms with van der Waals surface area (Å²) in [4.78, 5) is 24.8. The van der Waals surface area contributed by atoms with E-state index in [1.807, 2.05) is 6.92 Å². The van der Waals surface area contributed by atoms with Crippen LogP contribution in [-0.2, 0) is 16.1 Å². The molecular weight excluding hydrogens is 292 g/mol. The van der Waals surface area contributed by atoms with Gasteiger partial charge in [-0.05, 0) is 11.3 Å². The Kier molecular flexibility index (Phi) is 4.81.